The molecule has 392 valence electrons. The first kappa shape index (κ1) is 65.1. The van der Waals surface area contributed by atoms with Gasteiger partial charge in [0.15, 0.2) is 6.10 Å². The lowest BCUT2D eigenvalue weighted by Crippen LogP contribution is -2.30. The van der Waals surface area contributed by atoms with Crippen LogP contribution in [0.25, 0.3) is 0 Å². The number of ether oxygens (including phenoxy) is 3. The molecule has 0 N–H and O–H groups in total. The van der Waals surface area contributed by atoms with Gasteiger partial charge in [0.2, 0.25) is 0 Å². The van der Waals surface area contributed by atoms with Gasteiger partial charge in [0.1, 0.15) is 13.2 Å². The molecule has 0 amide bonds. The van der Waals surface area contributed by atoms with Crippen LogP contribution in [-0.2, 0) is 28.6 Å². The molecule has 0 heterocycles. The fourth-order valence-electron chi connectivity index (χ4n) is 7.49. The van der Waals surface area contributed by atoms with Crippen molar-refractivity contribution in [3.05, 3.63) is 109 Å². The van der Waals surface area contributed by atoms with Crippen LogP contribution in [0.2, 0.25) is 0 Å². The maximum absolute atomic E-state index is 12.9. The first-order valence-corrected chi connectivity index (χ1v) is 28.4. The van der Waals surface area contributed by atoms with E-state index in [2.05, 4.69) is 124 Å². The molecule has 0 rings (SSSR count). The Balaban J connectivity index is 4.53. The fourth-order valence-corrected chi connectivity index (χ4v) is 7.49. The van der Waals surface area contributed by atoms with Gasteiger partial charge < -0.3 is 14.2 Å². The Labute approximate surface area is 425 Å². The zero-order valence-corrected chi connectivity index (χ0v) is 44.8. The minimum Gasteiger partial charge on any atom is -0.462 e. The Morgan fingerprint density at radius 1 is 0.304 bits per heavy atom. The molecule has 0 bridgehead atoms. The molecule has 0 radical (unpaired) electrons. The molecule has 0 aliphatic rings. The molecule has 1 atom stereocenters. The van der Waals surface area contributed by atoms with Crippen molar-refractivity contribution < 1.29 is 28.6 Å². The maximum atomic E-state index is 12.9. The van der Waals surface area contributed by atoms with E-state index in [1.165, 1.54) is 103 Å². The molecule has 0 aromatic rings. The van der Waals surface area contributed by atoms with E-state index in [0.717, 1.165) is 103 Å². The molecule has 0 aliphatic carbocycles. The maximum Gasteiger partial charge on any atom is 0.306 e. The third-order valence-electron chi connectivity index (χ3n) is 11.7. The lowest BCUT2D eigenvalue weighted by molar-refractivity contribution is -0.166. The third kappa shape index (κ3) is 54.9. The molecule has 0 aliphatic heterocycles. The van der Waals surface area contributed by atoms with E-state index in [4.69, 9.17) is 14.2 Å². The summed E-state index contributed by atoms with van der Waals surface area (Å²) in [7, 11) is 0. The van der Waals surface area contributed by atoms with Gasteiger partial charge in [-0.1, -0.05) is 226 Å². The quantitative estimate of drug-likeness (QED) is 0.0262. The van der Waals surface area contributed by atoms with Crippen LogP contribution in [0.15, 0.2) is 109 Å². The van der Waals surface area contributed by atoms with Crippen molar-refractivity contribution in [2.24, 2.45) is 0 Å². The Morgan fingerprint density at radius 3 is 1.00 bits per heavy atom. The van der Waals surface area contributed by atoms with Crippen LogP contribution in [-0.4, -0.2) is 37.2 Å². The Hall–Kier alpha value is -3.93. The van der Waals surface area contributed by atoms with Gasteiger partial charge in [-0.05, 0) is 116 Å². The van der Waals surface area contributed by atoms with Crippen molar-refractivity contribution >= 4 is 17.9 Å². The number of rotatable bonds is 50. The summed E-state index contributed by atoms with van der Waals surface area (Å²) in [6.07, 6.45) is 76.5. The summed E-state index contributed by atoms with van der Waals surface area (Å²) in [5.74, 6) is -1.01. The summed E-state index contributed by atoms with van der Waals surface area (Å²) in [4.78, 5) is 38.1. The van der Waals surface area contributed by atoms with Gasteiger partial charge in [-0.15, -0.1) is 0 Å². The van der Waals surface area contributed by atoms with Gasteiger partial charge in [0.05, 0.1) is 0 Å². The van der Waals surface area contributed by atoms with Crippen LogP contribution < -0.4 is 0 Å². The van der Waals surface area contributed by atoms with E-state index in [0.29, 0.717) is 19.3 Å². The number of unbranched alkanes of at least 4 members (excludes halogenated alkanes) is 21. The van der Waals surface area contributed by atoms with Gasteiger partial charge >= 0.3 is 17.9 Å². The highest BCUT2D eigenvalue weighted by molar-refractivity contribution is 5.71. The summed E-state index contributed by atoms with van der Waals surface area (Å²) < 4.78 is 16.8. The number of carbonyl (C=O) groups is 3. The predicted molar refractivity (Wildman–Crippen MR) is 297 cm³/mol. The molecule has 1 unspecified atom stereocenters. The third-order valence-corrected chi connectivity index (χ3v) is 11.7. The monoisotopic (exact) mass is 957 g/mol. The second-order valence-electron chi connectivity index (χ2n) is 18.5. The molecular weight excluding hydrogens is 853 g/mol. The average molecular weight is 958 g/mol. The lowest BCUT2D eigenvalue weighted by Gasteiger charge is -2.18. The zero-order valence-electron chi connectivity index (χ0n) is 44.8. The van der Waals surface area contributed by atoms with E-state index < -0.39 is 6.10 Å². The molecule has 0 spiro atoms. The highest BCUT2D eigenvalue weighted by Crippen LogP contribution is 2.14. The van der Waals surface area contributed by atoms with Crippen LogP contribution in [0.5, 0.6) is 0 Å². The summed E-state index contributed by atoms with van der Waals surface area (Å²) in [5.41, 5.74) is 0. The van der Waals surface area contributed by atoms with Gasteiger partial charge in [-0.25, -0.2) is 0 Å². The van der Waals surface area contributed by atoms with Crippen LogP contribution in [0.3, 0.4) is 0 Å². The molecular formula is C63H104O6. The van der Waals surface area contributed by atoms with Gasteiger partial charge in [-0.3, -0.25) is 14.4 Å². The van der Waals surface area contributed by atoms with E-state index in [9.17, 15) is 14.4 Å². The number of hydrogen-bond acceptors (Lipinski definition) is 6. The van der Waals surface area contributed by atoms with Gasteiger partial charge in [0, 0.05) is 19.3 Å². The van der Waals surface area contributed by atoms with Crippen LogP contribution >= 0.6 is 0 Å². The van der Waals surface area contributed by atoms with E-state index >= 15 is 0 Å². The lowest BCUT2D eigenvalue weighted by atomic mass is 10.1. The minimum atomic E-state index is -0.818. The predicted octanol–water partition coefficient (Wildman–Crippen LogP) is 19.1. The summed E-state index contributed by atoms with van der Waals surface area (Å²) in [6, 6.07) is 0. The number of allylic oxidation sites excluding steroid dienone is 18. The Morgan fingerprint density at radius 2 is 0.594 bits per heavy atom. The van der Waals surface area contributed by atoms with Crippen LogP contribution in [0.1, 0.15) is 252 Å². The fraction of sp³-hybridized carbons (Fsp3) is 0.667. The number of hydrogen-bond donors (Lipinski definition) is 0. The van der Waals surface area contributed by atoms with Crippen LogP contribution in [0, 0.1) is 0 Å². The van der Waals surface area contributed by atoms with Crippen LogP contribution in [0.4, 0.5) is 0 Å². The molecule has 69 heavy (non-hydrogen) atoms. The molecule has 0 saturated carbocycles. The van der Waals surface area contributed by atoms with Crippen molar-refractivity contribution in [1.82, 2.24) is 0 Å². The summed E-state index contributed by atoms with van der Waals surface area (Å²) >= 11 is 0. The van der Waals surface area contributed by atoms with Crippen molar-refractivity contribution in [2.45, 2.75) is 258 Å². The van der Waals surface area contributed by atoms with Gasteiger partial charge in [0.25, 0.3) is 0 Å². The second kappa shape index (κ2) is 56.7. The van der Waals surface area contributed by atoms with E-state index in [-0.39, 0.29) is 37.5 Å². The first-order valence-electron chi connectivity index (χ1n) is 28.4. The molecule has 0 aromatic heterocycles. The SMILES string of the molecule is CC/C=C\C/C=C\C/C=C\C/C=C\C/C=C\C/C=C\CCC(=O)OCC(COC(=O)CCCCCCC/C=C\CCCCCCC)OC(=O)CCCCCCCCC/C=C\C/C=C\CCCCCC. The normalized spacial score (nSPS) is 12.9. The summed E-state index contributed by atoms with van der Waals surface area (Å²) in [5, 5.41) is 0. The first-order chi connectivity index (χ1) is 34.0. The Kier molecular flexibility index (Phi) is 53.4. The van der Waals surface area contributed by atoms with Gasteiger partial charge in [-0.2, -0.15) is 0 Å². The average Bonchev–Trinajstić information content (AvgIpc) is 3.35. The molecule has 0 fully saturated rings. The van der Waals surface area contributed by atoms with Crippen molar-refractivity contribution in [3.8, 4) is 0 Å². The number of carbonyl (C=O) groups excluding carboxylic acids is 3. The number of esters is 3. The molecule has 6 nitrogen and oxygen atoms in total. The molecule has 0 saturated heterocycles. The highest BCUT2D eigenvalue weighted by Gasteiger charge is 2.19. The topological polar surface area (TPSA) is 78.9 Å². The van der Waals surface area contributed by atoms with Crippen molar-refractivity contribution in [3.63, 3.8) is 0 Å². The zero-order chi connectivity index (χ0) is 50.0. The Bertz CT molecular complexity index is 1420. The second-order valence-corrected chi connectivity index (χ2v) is 18.5. The highest BCUT2D eigenvalue weighted by atomic mass is 16.6. The van der Waals surface area contributed by atoms with Crippen molar-refractivity contribution in [1.29, 1.82) is 0 Å². The smallest absolute Gasteiger partial charge is 0.306 e. The van der Waals surface area contributed by atoms with E-state index in [1.54, 1.807) is 0 Å². The molecule has 0 aromatic carbocycles. The summed E-state index contributed by atoms with van der Waals surface area (Å²) in [6.45, 7) is 6.42. The van der Waals surface area contributed by atoms with Crippen molar-refractivity contribution in [2.75, 3.05) is 13.2 Å². The standard InChI is InChI=1S/C63H104O6/c1-4-7-10-13-16-19-22-25-28-30-32-34-35-38-41-44-47-50-53-56-62(65)68-59-60(58-67-61(64)55-52-49-46-43-40-37-27-24-21-18-15-12-9-6-3)69-63(66)57-54-51-48-45-42-39-36-33-31-29-26-23-20-17-14-11-8-5-2/h7,10,16,19-20,23-25,27-29,31-32,34,38,41,47,50,60H,4-6,8-9,11-15,17-18,21-22,26,30,33,35-37,39-40,42-46,48-49,51-59H2,1-3H3/b10-7-,19-16-,23-20-,27-24-,28-25-,31-29-,34-32-,41-38-,50-47-. The minimum absolute atomic E-state index is 0.110. The van der Waals surface area contributed by atoms with E-state index in [1.807, 2.05) is 6.08 Å². The molecule has 6 heteroatoms. The largest absolute Gasteiger partial charge is 0.462 e.